The van der Waals surface area contributed by atoms with E-state index >= 15 is 0 Å². The minimum absolute atomic E-state index is 0.291. The summed E-state index contributed by atoms with van der Waals surface area (Å²) in [5.41, 5.74) is 1.42. The molecule has 1 saturated carbocycles. The summed E-state index contributed by atoms with van der Waals surface area (Å²) in [5.74, 6) is -0.989. The third-order valence-electron chi connectivity index (χ3n) is 4.91. The number of hydrogen-bond acceptors (Lipinski definition) is 0. The molecule has 1 fully saturated rings. The summed E-state index contributed by atoms with van der Waals surface area (Å²) in [6, 6.07) is 4.16. The van der Waals surface area contributed by atoms with Crippen molar-refractivity contribution in [2.75, 3.05) is 0 Å². The van der Waals surface area contributed by atoms with Gasteiger partial charge in [0.2, 0.25) is 0 Å². The second-order valence-corrected chi connectivity index (χ2v) is 7.57. The quantitative estimate of drug-likeness (QED) is 0.692. The molecule has 1 aromatic carbocycles. The number of rotatable bonds is 3. The molecule has 0 spiro atoms. The zero-order valence-electron chi connectivity index (χ0n) is 11.2. The standard InChI is InChI=1S/C15H19BrF2/c1-14(2)13(15(14,3)4)10(16)7-9-5-6-11(17)12(18)8-9/h5-6,8,10,13H,7H2,1-4H3. The molecule has 0 nitrogen and oxygen atoms in total. The van der Waals surface area contributed by atoms with Crippen molar-refractivity contribution in [1.29, 1.82) is 0 Å². The monoisotopic (exact) mass is 316 g/mol. The Morgan fingerprint density at radius 3 is 2.11 bits per heavy atom. The summed E-state index contributed by atoms with van der Waals surface area (Å²) >= 11 is 3.72. The fraction of sp³-hybridized carbons (Fsp3) is 0.600. The molecule has 3 heteroatoms. The molecule has 18 heavy (non-hydrogen) atoms. The van der Waals surface area contributed by atoms with Crippen LogP contribution in [-0.4, -0.2) is 4.83 Å². The third-order valence-corrected chi connectivity index (χ3v) is 5.76. The normalized spacial score (nSPS) is 22.8. The van der Waals surface area contributed by atoms with Crippen LogP contribution in [0.5, 0.6) is 0 Å². The van der Waals surface area contributed by atoms with Gasteiger partial charge >= 0.3 is 0 Å². The van der Waals surface area contributed by atoms with E-state index in [0.29, 0.717) is 21.6 Å². The van der Waals surface area contributed by atoms with E-state index in [0.717, 1.165) is 12.0 Å². The molecule has 1 unspecified atom stereocenters. The van der Waals surface area contributed by atoms with E-state index in [-0.39, 0.29) is 0 Å². The fourth-order valence-electron chi connectivity index (χ4n) is 3.16. The van der Waals surface area contributed by atoms with E-state index in [4.69, 9.17) is 0 Å². The SMILES string of the molecule is CC1(C)C(C(Br)Cc2ccc(F)c(F)c2)C1(C)C. The van der Waals surface area contributed by atoms with E-state index in [2.05, 4.69) is 43.6 Å². The summed E-state index contributed by atoms with van der Waals surface area (Å²) in [4.78, 5) is 0.298. The molecule has 0 bridgehead atoms. The molecule has 0 N–H and O–H groups in total. The van der Waals surface area contributed by atoms with Gasteiger partial charge in [0.1, 0.15) is 0 Å². The summed E-state index contributed by atoms with van der Waals surface area (Å²) < 4.78 is 26.0. The Morgan fingerprint density at radius 2 is 1.67 bits per heavy atom. The molecule has 0 saturated heterocycles. The van der Waals surface area contributed by atoms with Crippen molar-refractivity contribution >= 4 is 15.9 Å². The van der Waals surface area contributed by atoms with Gasteiger partial charge in [0, 0.05) is 4.83 Å². The van der Waals surface area contributed by atoms with Crippen LogP contribution in [0.1, 0.15) is 33.3 Å². The van der Waals surface area contributed by atoms with Crippen LogP contribution in [0.15, 0.2) is 18.2 Å². The lowest BCUT2D eigenvalue weighted by Gasteiger charge is -2.12. The van der Waals surface area contributed by atoms with Crippen molar-refractivity contribution in [3.63, 3.8) is 0 Å². The summed E-state index contributed by atoms with van der Waals surface area (Å²) in [6.45, 7) is 9.04. The number of hydrogen-bond donors (Lipinski definition) is 0. The van der Waals surface area contributed by atoms with E-state index in [1.165, 1.54) is 12.1 Å². The van der Waals surface area contributed by atoms with Gasteiger partial charge in [-0.3, -0.25) is 0 Å². The van der Waals surface area contributed by atoms with Crippen LogP contribution in [0.4, 0.5) is 8.78 Å². The average Bonchev–Trinajstić information content (AvgIpc) is 2.63. The van der Waals surface area contributed by atoms with E-state index in [9.17, 15) is 8.78 Å². The Kier molecular flexibility index (Phi) is 3.33. The fourth-order valence-corrected chi connectivity index (χ4v) is 4.86. The van der Waals surface area contributed by atoms with Crippen LogP contribution >= 0.6 is 15.9 Å². The highest BCUT2D eigenvalue weighted by atomic mass is 79.9. The lowest BCUT2D eigenvalue weighted by Crippen LogP contribution is -2.10. The molecular weight excluding hydrogens is 298 g/mol. The van der Waals surface area contributed by atoms with Crippen molar-refractivity contribution in [2.24, 2.45) is 16.7 Å². The molecule has 1 aliphatic carbocycles. The highest BCUT2D eigenvalue weighted by Crippen LogP contribution is 2.71. The molecule has 0 aromatic heterocycles. The molecule has 0 aliphatic heterocycles. The molecule has 0 heterocycles. The molecule has 0 amide bonds. The smallest absolute Gasteiger partial charge is 0.159 e. The first-order valence-electron chi connectivity index (χ1n) is 6.26. The van der Waals surface area contributed by atoms with Gasteiger partial charge in [0.05, 0.1) is 0 Å². The van der Waals surface area contributed by atoms with Crippen molar-refractivity contribution in [2.45, 2.75) is 38.9 Å². The predicted octanol–water partition coefficient (Wildman–Crippen LogP) is 4.95. The van der Waals surface area contributed by atoms with Crippen molar-refractivity contribution in [3.8, 4) is 0 Å². The van der Waals surface area contributed by atoms with Gasteiger partial charge < -0.3 is 0 Å². The predicted molar refractivity (Wildman–Crippen MR) is 73.8 cm³/mol. The highest BCUT2D eigenvalue weighted by molar-refractivity contribution is 9.09. The minimum Gasteiger partial charge on any atom is -0.204 e. The van der Waals surface area contributed by atoms with E-state index in [1.54, 1.807) is 6.07 Å². The van der Waals surface area contributed by atoms with Gasteiger partial charge in [-0.1, -0.05) is 49.7 Å². The van der Waals surface area contributed by atoms with Gasteiger partial charge in [-0.2, -0.15) is 0 Å². The minimum atomic E-state index is -0.781. The summed E-state index contributed by atoms with van der Waals surface area (Å²) in [5, 5.41) is 0. The van der Waals surface area contributed by atoms with Gasteiger partial charge in [0.15, 0.2) is 11.6 Å². The Labute approximate surface area is 116 Å². The molecule has 2 rings (SSSR count). The Morgan fingerprint density at radius 1 is 1.11 bits per heavy atom. The van der Waals surface area contributed by atoms with Crippen LogP contribution in [0, 0.1) is 28.4 Å². The van der Waals surface area contributed by atoms with Gasteiger partial charge in [0.25, 0.3) is 0 Å². The lowest BCUT2D eigenvalue weighted by molar-refractivity contribution is 0.457. The Bertz CT molecular complexity index is 452. The van der Waals surface area contributed by atoms with Crippen LogP contribution in [-0.2, 0) is 6.42 Å². The lowest BCUT2D eigenvalue weighted by atomic mass is 10.0. The topological polar surface area (TPSA) is 0 Å². The highest BCUT2D eigenvalue weighted by Gasteiger charge is 2.66. The first-order valence-corrected chi connectivity index (χ1v) is 7.17. The number of halogens is 3. The first kappa shape index (κ1) is 14.0. The third kappa shape index (κ3) is 2.11. The maximum atomic E-state index is 13.2. The second kappa shape index (κ2) is 4.29. The summed E-state index contributed by atoms with van der Waals surface area (Å²) in [7, 11) is 0. The molecular formula is C15H19BrF2. The molecule has 1 atom stereocenters. The van der Waals surface area contributed by atoms with Crippen molar-refractivity contribution in [1.82, 2.24) is 0 Å². The van der Waals surface area contributed by atoms with Gasteiger partial charge in [-0.05, 0) is 40.9 Å². The van der Waals surface area contributed by atoms with Crippen LogP contribution in [0.2, 0.25) is 0 Å². The number of benzene rings is 1. The van der Waals surface area contributed by atoms with E-state index < -0.39 is 11.6 Å². The molecule has 100 valence electrons. The largest absolute Gasteiger partial charge is 0.204 e. The van der Waals surface area contributed by atoms with Gasteiger partial charge in [-0.15, -0.1) is 0 Å². The molecule has 1 aromatic rings. The Hall–Kier alpha value is -0.440. The second-order valence-electron chi connectivity index (χ2n) is 6.39. The maximum Gasteiger partial charge on any atom is 0.159 e. The van der Waals surface area contributed by atoms with Crippen molar-refractivity contribution in [3.05, 3.63) is 35.4 Å². The Balaban J connectivity index is 2.09. The number of alkyl halides is 1. The zero-order valence-corrected chi connectivity index (χ0v) is 12.8. The van der Waals surface area contributed by atoms with Crippen LogP contribution in [0.25, 0.3) is 0 Å². The average molecular weight is 317 g/mol. The van der Waals surface area contributed by atoms with Crippen molar-refractivity contribution < 1.29 is 8.78 Å². The van der Waals surface area contributed by atoms with Crippen LogP contribution < -0.4 is 0 Å². The van der Waals surface area contributed by atoms with Crippen LogP contribution in [0.3, 0.4) is 0 Å². The molecule has 0 radical (unpaired) electrons. The summed E-state index contributed by atoms with van der Waals surface area (Å²) in [6.07, 6.45) is 0.731. The zero-order chi connectivity index (χ0) is 13.7. The molecule has 1 aliphatic rings. The van der Waals surface area contributed by atoms with E-state index in [1.807, 2.05) is 0 Å². The maximum absolute atomic E-state index is 13.2. The van der Waals surface area contributed by atoms with Gasteiger partial charge in [-0.25, -0.2) is 8.78 Å². The first-order chi connectivity index (χ1) is 8.18.